The molecule has 0 saturated heterocycles. The number of benzene rings is 1. The molecule has 0 bridgehead atoms. The van der Waals surface area contributed by atoms with E-state index in [9.17, 15) is 4.79 Å². The Morgan fingerprint density at radius 1 is 1.47 bits per heavy atom. The highest BCUT2D eigenvalue weighted by Crippen LogP contribution is 1.97. The highest BCUT2D eigenvalue weighted by atomic mass is 16.3. The Bertz CT molecular complexity index is 312. The van der Waals surface area contributed by atoms with E-state index in [1.165, 1.54) is 6.92 Å². The monoisotopic (exact) mass is 208 g/mol. The fraction of sp³-hybridized carbons (Fsp3) is 0.364. The average Bonchev–Trinajstić information content (AvgIpc) is 2.26. The third kappa shape index (κ3) is 3.69. The smallest absolute Gasteiger partial charge is 0.239 e. The normalized spacial score (nSPS) is 14.3. The molecule has 0 spiro atoms. The van der Waals surface area contributed by atoms with Crippen LogP contribution in [0, 0.1) is 0 Å². The van der Waals surface area contributed by atoms with Crippen LogP contribution in [0.3, 0.4) is 0 Å². The molecule has 4 heteroatoms. The maximum atomic E-state index is 11.4. The first-order valence-corrected chi connectivity index (χ1v) is 4.86. The van der Waals surface area contributed by atoms with Crippen LogP contribution < -0.4 is 11.1 Å². The fourth-order valence-corrected chi connectivity index (χ4v) is 1.12. The molecule has 4 N–H and O–H groups in total. The van der Waals surface area contributed by atoms with Crippen LogP contribution in [0.1, 0.15) is 12.5 Å². The molecule has 1 aromatic rings. The zero-order valence-corrected chi connectivity index (χ0v) is 8.68. The summed E-state index contributed by atoms with van der Waals surface area (Å²) in [6, 6.07) is 8.66. The summed E-state index contributed by atoms with van der Waals surface area (Å²) in [5.41, 5.74) is 6.47. The second-order valence-corrected chi connectivity index (χ2v) is 3.47. The predicted octanol–water partition coefficient (Wildman–Crippen LogP) is 0.0109. The van der Waals surface area contributed by atoms with E-state index in [2.05, 4.69) is 5.32 Å². The van der Waals surface area contributed by atoms with Gasteiger partial charge in [0.05, 0.1) is 6.10 Å². The number of amides is 1. The fourth-order valence-electron chi connectivity index (χ4n) is 1.12. The zero-order chi connectivity index (χ0) is 11.3. The van der Waals surface area contributed by atoms with Crippen molar-refractivity contribution in [2.45, 2.75) is 25.6 Å². The van der Waals surface area contributed by atoms with Gasteiger partial charge in [-0.05, 0) is 12.5 Å². The number of rotatable bonds is 4. The molecule has 82 valence electrons. The lowest BCUT2D eigenvalue weighted by atomic mass is 10.1. The molecule has 0 aliphatic heterocycles. The molecule has 2 atom stereocenters. The van der Waals surface area contributed by atoms with Crippen molar-refractivity contribution in [1.29, 1.82) is 0 Å². The number of carbonyl (C=O) groups excluding carboxylic acids is 1. The Morgan fingerprint density at radius 2 is 2.07 bits per heavy atom. The van der Waals surface area contributed by atoms with Crippen molar-refractivity contribution < 1.29 is 9.90 Å². The second kappa shape index (κ2) is 5.48. The van der Waals surface area contributed by atoms with Gasteiger partial charge >= 0.3 is 0 Å². The first kappa shape index (κ1) is 11.7. The van der Waals surface area contributed by atoms with Gasteiger partial charge in [-0.3, -0.25) is 4.79 Å². The summed E-state index contributed by atoms with van der Waals surface area (Å²) in [7, 11) is 0. The second-order valence-electron chi connectivity index (χ2n) is 3.47. The van der Waals surface area contributed by atoms with Crippen LogP contribution in [0.25, 0.3) is 0 Å². The standard InChI is InChI=1S/C11H16N2O2/c1-8(14)10(12)11(15)13-7-9-5-3-2-4-6-9/h2-6,8,10,14H,7,12H2,1H3,(H,13,15). The Labute approximate surface area is 89.1 Å². The molecule has 0 aromatic heterocycles. The lowest BCUT2D eigenvalue weighted by Gasteiger charge is -2.14. The van der Waals surface area contributed by atoms with Crippen LogP contribution in [0.5, 0.6) is 0 Å². The summed E-state index contributed by atoms with van der Waals surface area (Å²) in [6.45, 7) is 1.92. The van der Waals surface area contributed by atoms with E-state index in [0.717, 1.165) is 5.56 Å². The third-order valence-electron chi connectivity index (χ3n) is 2.13. The Kier molecular flexibility index (Phi) is 4.27. The van der Waals surface area contributed by atoms with E-state index < -0.39 is 12.1 Å². The Hall–Kier alpha value is -1.39. The van der Waals surface area contributed by atoms with Gasteiger partial charge in [-0.2, -0.15) is 0 Å². The van der Waals surface area contributed by atoms with E-state index in [0.29, 0.717) is 6.54 Å². The molecule has 0 aliphatic carbocycles. The average molecular weight is 208 g/mol. The van der Waals surface area contributed by atoms with Crippen molar-refractivity contribution in [1.82, 2.24) is 5.32 Å². The van der Waals surface area contributed by atoms with Crippen molar-refractivity contribution >= 4 is 5.91 Å². The summed E-state index contributed by atoms with van der Waals surface area (Å²) in [6.07, 6.45) is -0.833. The molecule has 0 fully saturated rings. The largest absolute Gasteiger partial charge is 0.391 e. The molecule has 1 aromatic carbocycles. The van der Waals surface area contributed by atoms with Gasteiger partial charge in [-0.1, -0.05) is 30.3 Å². The van der Waals surface area contributed by atoms with Gasteiger partial charge in [0.25, 0.3) is 0 Å². The number of carbonyl (C=O) groups is 1. The van der Waals surface area contributed by atoms with Gasteiger partial charge in [0.2, 0.25) is 5.91 Å². The molecule has 1 amide bonds. The summed E-state index contributed by atoms with van der Waals surface area (Å²) in [4.78, 5) is 11.4. The molecule has 0 radical (unpaired) electrons. The highest BCUT2D eigenvalue weighted by Gasteiger charge is 2.17. The molecule has 4 nitrogen and oxygen atoms in total. The van der Waals surface area contributed by atoms with E-state index in [1.807, 2.05) is 30.3 Å². The van der Waals surface area contributed by atoms with Crippen molar-refractivity contribution in [3.8, 4) is 0 Å². The van der Waals surface area contributed by atoms with Gasteiger partial charge < -0.3 is 16.2 Å². The summed E-state index contributed by atoms with van der Waals surface area (Å²) in [5.74, 6) is -0.339. The molecular weight excluding hydrogens is 192 g/mol. The van der Waals surface area contributed by atoms with E-state index in [1.54, 1.807) is 0 Å². The number of hydrogen-bond acceptors (Lipinski definition) is 3. The minimum absolute atomic E-state index is 0.339. The first-order chi connectivity index (χ1) is 7.11. The van der Waals surface area contributed by atoms with Crippen molar-refractivity contribution in [2.75, 3.05) is 0 Å². The van der Waals surface area contributed by atoms with Crippen LogP contribution in [0.2, 0.25) is 0 Å². The lowest BCUT2D eigenvalue weighted by Crippen LogP contribution is -2.46. The predicted molar refractivity (Wildman–Crippen MR) is 57.9 cm³/mol. The number of nitrogens with one attached hydrogen (secondary N) is 1. The molecule has 15 heavy (non-hydrogen) atoms. The van der Waals surface area contributed by atoms with Crippen LogP contribution in [-0.4, -0.2) is 23.2 Å². The minimum atomic E-state index is -0.867. The van der Waals surface area contributed by atoms with Crippen molar-refractivity contribution in [3.05, 3.63) is 35.9 Å². The van der Waals surface area contributed by atoms with E-state index >= 15 is 0 Å². The molecule has 0 saturated carbocycles. The number of nitrogens with two attached hydrogens (primary N) is 1. The maximum Gasteiger partial charge on any atom is 0.239 e. The highest BCUT2D eigenvalue weighted by molar-refractivity contribution is 5.82. The molecule has 1 rings (SSSR count). The Balaban J connectivity index is 2.41. The minimum Gasteiger partial charge on any atom is -0.391 e. The third-order valence-corrected chi connectivity index (χ3v) is 2.13. The molecular formula is C11H16N2O2. The summed E-state index contributed by atoms with van der Waals surface area (Å²) in [5, 5.41) is 11.8. The number of aliphatic hydroxyl groups excluding tert-OH is 1. The SMILES string of the molecule is CC(O)C(N)C(=O)NCc1ccccc1. The van der Waals surface area contributed by atoms with Crippen molar-refractivity contribution in [3.63, 3.8) is 0 Å². The number of aliphatic hydroxyl groups is 1. The van der Waals surface area contributed by atoms with Crippen LogP contribution >= 0.6 is 0 Å². The van der Waals surface area contributed by atoms with Crippen LogP contribution in [-0.2, 0) is 11.3 Å². The number of hydrogen-bond donors (Lipinski definition) is 3. The van der Waals surface area contributed by atoms with E-state index in [-0.39, 0.29) is 5.91 Å². The molecule has 0 heterocycles. The summed E-state index contributed by atoms with van der Waals surface area (Å²) < 4.78 is 0. The molecule has 0 aliphatic rings. The van der Waals surface area contributed by atoms with Gasteiger partial charge in [0.1, 0.15) is 6.04 Å². The van der Waals surface area contributed by atoms with Gasteiger partial charge in [0.15, 0.2) is 0 Å². The van der Waals surface area contributed by atoms with Gasteiger partial charge in [0, 0.05) is 6.54 Å². The van der Waals surface area contributed by atoms with Gasteiger partial charge in [-0.15, -0.1) is 0 Å². The topological polar surface area (TPSA) is 75.3 Å². The van der Waals surface area contributed by atoms with Crippen LogP contribution in [0.15, 0.2) is 30.3 Å². The molecule has 2 unspecified atom stereocenters. The zero-order valence-electron chi connectivity index (χ0n) is 8.68. The van der Waals surface area contributed by atoms with Crippen LogP contribution in [0.4, 0.5) is 0 Å². The summed E-state index contributed by atoms with van der Waals surface area (Å²) >= 11 is 0. The van der Waals surface area contributed by atoms with E-state index in [4.69, 9.17) is 10.8 Å². The van der Waals surface area contributed by atoms with Crippen molar-refractivity contribution in [2.24, 2.45) is 5.73 Å². The first-order valence-electron chi connectivity index (χ1n) is 4.86. The lowest BCUT2D eigenvalue weighted by molar-refractivity contribution is -0.124. The Morgan fingerprint density at radius 3 is 2.60 bits per heavy atom. The quantitative estimate of drug-likeness (QED) is 0.652. The maximum absolute atomic E-state index is 11.4. The van der Waals surface area contributed by atoms with Gasteiger partial charge in [-0.25, -0.2) is 0 Å².